The van der Waals surface area contributed by atoms with Crippen LogP contribution in [0.25, 0.3) is 0 Å². The Morgan fingerprint density at radius 2 is 1.47 bits per heavy atom. The number of likely N-dealkylation sites (tertiary alicyclic amines) is 1. The van der Waals surface area contributed by atoms with Crippen molar-refractivity contribution in [3.05, 3.63) is 54.6 Å². The van der Waals surface area contributed by atoms with Gasteiger partial charge in [0.2, 0.25) is 17.7 Å². The summed E-state index contributed by atoms with van der Waals surface area (Å²) in [6, 6.07) is 15.5. The first-order chi connectivity index (χ1) is 15.4. The Hall–Kier alpha value is -2.19. The number of hydrogen-bond acceptors (Lipinski definition) is 4. The minimum Gasteiger partial charge on any atom is -0.457 e. The second-order valence-corrected chi connectivity index (χ2v) is 10.8. The number of carbonyl (C=O) groups is 3. The molecule has 0 unspecified atom stereocenters. The van der Waals surface area contributed by atoms with Crippen molar-refractivity contribution < 1.29 is 19.1 Å². The lowest BCUT2D eigenvalue weighted by atomic mass is 9.81. The summed E-state index contributed by atoms with van der Waals surface area (Å²) in [6.07, 6.45) is 0.866. The average Bonchev–Trinajstić information content (AvgIpc) is 3.40. The van der Waals surface area contributed by atoms with Gasteiger partial charge in [-0.25, -0.2) is 0 Å². The van der Waals surface area contributed by atoms with Crippen molar-refractivity contribution in [1.29, 1.82) is 0 Å². The Morgan fingerprint density at radius 3 is 2.03 bits per heavy atom. The van der Waals surface area contributed by atoms with Crippen LogP contribution < -0.4 is 10.1 Å². The molecule has 2 bridgehead atoms. The third kappa shape index (κ3) is 3.48. The first kappa shape index (κ1) is 21.6. The number of hydrogen-bond donors (Lipinski definition) is 1. The van der Waals surface area contributed by atoms with E-state index in [0.717, 1.165) is 12.2 Å². The van der Waals surface area contributed by atoms with E-state index in [1.54, 1.807) is 31.2 Å². The molecule has 3 aliphatic rings. The summed E-state index contributed by atoms with van der Waals surface area (Å²) in [5, 5.41) is 2.81. The minimum absolute atomic E-state index is 0.128. The summed E-state index contributed by atoms with van der Waals surface area (Å²) < 4.78 is 5.76. The van der Waals surface area contributed by atoms with Gasteiger partial charge in [-0.05, 0) is 61.6 Å². The summed E-state index contributed by atoms with van der Waals surface area (Å²) in [5.41, 5.74) is 0.572. The van der Waals surface area contributed by atoms with E-state index in [-0.39, 0.29) is 51.0 Å². The van der Waals surface area contributed by atoms with E-state index in [4.69, 9.17) is 4.74 Å². The number of ether oxygens (including phenoxy) is 1. The molecule has 3 fully saturated rings. The van der Waals surface area contributed by atoms with Gasteiger partial charge in [-0.2, -0.15) is 0 Å². The van der Waals surface area contributed by atoms with Gasteiger partial charge >= 0.3 is 0 Å². The van der Waals surface area contributed by atoms with E-state index in [9.17, 15) is 14.4 Å². The number of carbonyl (C=O) groups excluding carboxylic acids is 3. The summed E-state index contributed by atoms with van der Waals surface area (Å²) in [4.78, 5) is 40.7. The molecule has 1 N–H and O–H groups in total. The third-order valence-corrected chi connectivity index (χ3v) is 10.1. The highest BCUT2D eigenvalue weighted by Crippen LogP contribution is 2.60. The molecule has 0 radical (unpaired) electrons. The van der Waals surface area contributed by atoms with Crippen LogP contribution in [0.4, 0.5) is 5.69 Å². The van der Waals surface area contributed by atoms with E-state index in [0.29, 0.717) is 11.4 Å². The third-order valence-electron chi connectivity index (χ3n) is 6.89. The molecule has 2 aromatic carbocycles. The Morgan fingerprint density at radius 1 is 0.938 bits per heavy atom. The van der Waals surface area contributed by atoms with E-state index >= 15 is 0 Å². The molecule has 1 aliphatic heterocycles. The lowest BCUT2D eigenvalue weighted by Gasteiger charge is -2.28. The fourth-order valence-electron chi connectivity index (χ4n) is 5.35. The zero-order valence-corrected chi connectivity index (χ0v) is 20.5. The number of nitrogens with zero attached hydrogens (tertiary/aromatic N) is 1. The smallest absolute Gasteiger partial charge is 0.247 e. The number of anilines is 1. The standard InChI is InChI=1S/C24H22Br2N2O4/c1-12(28-23(30)18-16-11-17(19(18)24(28)31)21(26)20(16)25)22(29)27-13-7-9-15(10-8-13)32-14-5-3-2-4-6-14/h2-10,12,16-21H,11H2,1H3,(H,27,29)/t12-,16-,17-,18-,19+,20-,21+/m1/s1. The van der Waals surface area contributed by atoms with Crippen LogP contribution >= 0.6 is 31.9 Å². The zero-order chi connectivity index (χ0) is 22.6. The van der Waals surface area contributed by atoms with Gasteiger partial charge in [0.25, 0.3) is 0 Å². The van der Waals surface area contributed by atoms with Crippen LogP contribution in [0.15, 0.2) is 54.6 Å². The van der Waals surface area contributed by atoms with Gasteiger partial charge in [-0.3, -0.25) is 19.3 Å². The molecule has 7 atom stereocenters. The molecule has 2 saturated carbocycles. The normalized spacial score (nSPS) is 31.5. The number of alkyl halides is 2. The monoisotopic (exact) mass is 560 g/mol. The van der Waals surface area contributed by atoms with Crippen molar-refractivity contribution in [3.8, 4) is 11.5 Å². The second-order valence-electron chi connectivity index (χ2n) is 8.66. The number of para-hydroxylation sites is 1. The number of nitrogens with one attached hydrogen (secondary N) is 1. The van der Waals surface area contributed by atoms with Gasteiger partial charge in [-0.1, -0.05) is 50.1 Å². The number of rotatable bonds is 5. The molecular formula is C24H22Br2N2O4. The fraction of sp³-hybridized carbons (Fsp3) is 0.375. The topological polar surface area (TPSA) is 75.7 Å². The zero-order valence-electron chi connectivity index (χ0n) is 17.3. The van der Waals surface area contributed by atoms with Crippen LogP contribution in [-0.2, 0) is 14.4 Å². The maximum Gasteiger partial charge on any atom is 0.247 e. The highest BCUT2D eigenvalue weighted by molar-refractivity contribution is 9.12. The van der Waals surface area contributed by atoms with Gasteiger partial charge in [0.05, 0.1) is 11.8 Å². The van der Waals surface area contributed by atoms with Gasteiger partial charge < -0.3 is 10.1 Å². The summed E-state index contributed by atoms with van der Waals surface area (Å²) >= 11 is 7.37. The number of benzene rings is 2. The number of halogens is 2. The average molecular weight is 562 g/mol. The molecule has 1 heterocycles. The number of fused-ring (bicyclic) bond motifs is 5. The van der Waals surface area contributed by atoms with Crippen LogP contribution in [0.3, 0.4) is 0 Å². The quantitative estimate of drug-likeness (QED) is 0.428. The van der Waals surface area contributed by atoms with Crippen LogP contribution in [0, 0.1) is 23.7 Å². The Bertz CT molecular complexity index is 1030. The first-order valence-electron chi connectivity index (χ1n) is 10.7. The molecule has 2 aliphatic carbocycles. The van der Waals surface area contributed by atoms with E-state index < -0.39 is 6.04 Å². The molecule has 6 nitrogen and oxygen atoms in total. The summed E-state index contributed by atoms with van der Waals surface area (Å²) in [5.74, 6) is 0.152. The molecule has 0 spiro atoms. The molecular weight excluding hydrogens is 540 g/mol. The van der Waals surface area contributed by atoms with E-state index in [2.05, 4.69) is 37.2 Å². The van der Waals surface area contributed by atoms with Crippen molar-refractivity contribution in [2.75, 3.05) is 5.32 Å². The lowest BCUT2D eigenvalue weighted by molar-refractivity contribution is -0.146. The molecule has 1 saturated heterocycles. The van der Waals surface area contributed by atoms with Crippen LogP contribution in [-0.4, -0.2) is 38.3 Å². The molecule has 32 heavy (non-hydrogen) atoms. The van der Waals surface area contributed by atoms with Crippen molar-refractivity contribution in [1.82, 2.24) is 4.90 Å². The molecule has 3 amide bonds. The first-order valence-corrected chi connectivity index (χ1v) is 12.5. The largest absolute Gasteiger partial charge is 0.457 e. The fourth-order valence-corrected chi connectivity index (χ4v) is 7.22. The highest BCUT2D eigenvalue weighted by Gasteiger charge is 2.67. The molecule has 5 rings (SSSR count). The number of amides is 3. The van der Waals surface area contributed by atoms with Crippen LogP contribution in [0.1, 0.15) is 13.3 Å². The van der Waals surface area contributed by atoms with Gasteiger partial charge in [0.15, 0.2) is 0 Å². The van der Waals surface area contributed by atoms with Crippen LogP contribution in [0.5, 0.6) is 11.5 Å². The van der Waals surface area contributed by atoms with Gasteiger partial charge in [-0.15, -0.1) is 0 Å². The summed E-state index contributed by atoms with van der Waals surface area (Å²) in [6.45, 7) is 1.61. The van der Waals surface area contributed by atoms with Gasteiger partial charge in [0, 0.05) is 15.3 Å². The minimum atomic E-state index is -0.872. The Balaban J connectivity index is 1.25. The highest BCUT2D eigenvalue weighted by atomic mass is 79.9. The maximum atomic E-state index is 13.1. The molecule has 0 aromatic heterocycles. The predicted octanol–water partition coefficient (Wildman–Crippen LogP) is 4.58. The lowest BCUT2D eigenvalue weighted by Crippen LogP contribution is -2.46. The van der Waals surface area contributed by atoms with E-state index in [1.165, 1.54) is 4.90 Å². The number of imide groups is 1. The van der Waals surface area contributed by atoms with Crippen molar-refractivity contribution in [3.63, 3.8) is 0 Å². The second kappa shape index (κ2) is 8.30. The van der Waals surface area contributed by atoms with Gasteiger partial charge in [0.1, 0.15) is 17.5 Å². The van der Waals surface area contributed by atoms with E-state index in [1.807, 2.05) is 30.3 Å². The molecule has 166 valence electrons. The molecule has 8 heteroatoms. The Labute approximate surface area is 202 Å². The van der Waals surface area contributed by atoms with Crippen molar-refractivity contribution >= 4 is 55.3 Å². The van der Waals surface area contributed by atoms with Crippen molar-refractivity contribution in [2.45, 2.75) is 29.0 Å². The van der Waals surface area contributed by atoms with Crippen molar-refractivity contribution in [2.24, 2.45) is 23.7 Å². The molecule has 2 aromatic rings. The predicted molar refractivity (Wildman–Crippen MR) is 127 cm³/mol. The SMILES string of the molecule is C[C@H](C(=O)Nc1ccc(Oc2ccccc2)cc1)N1C(=O)[C@@H]2[C@H]3C[C@@H]([C@H](Br)[C@@H]3Br)[C@@H]2C1=O. The summed E-state index contributed by atoms with van der Waals surface area (Å²) in [7, 11) is 0. The maximum absolute atomic E-state index is 13.1. The Kier molecular flexibility index (Phi) is 5.61. The van der Waals surface area contributed by atoms with Crippen LogP contribution in [0.2, 0.25) is 0 Å².